The molecule has 1 aliphatic rings. The Morgan fingerprint density at radius 2 is 1.57 bits per heavy atom. The number of hydrogen-bond acceptors (Lipinski definition) is 7. The summed E-state index contributed by atoms with van der Waals surface area (Å²) in [6.45, 7) is 5.10. The fraction of sp³-hybridized carbons (Fsp3) is 0.214. The molecule has 0 aliphatic carbocycles. The van der Waals surface area contributed by atoms with Crippen LogP contribution in [-0.2, 0) is 19.6 Å². The molecule has 1 N–H and O–H groups in total. The summed E-state index contributed by atoms with van der Waals surface area (Å²) in [5, 5.41) is 3.02. The summed E-state index contributed by atoms with van der Waals surface area (Å²) in [7, 11) is -3.74. The molecule has 1 aliphatic heterocycles. The standard InChI is InChI=1S/C28H26ClN3O7S/c1-4-31(5-2)40(37,38)21-12-6-17(3)24(15-21)30-25(33)16-39-28(36)18-7-13-22-23(14-18)27(35)32(26(22)34)20-10-8-19(29)9-11-20/h6-15H,4-5,16H2,1-3H3,(H,30,33). The second-order valence-electron chi connectivity index (χ2n) is 8.87. The van der Waals surface area contributed by atoms with Crippen LogP contribution >= 0.6 is 11.6 Å². The first-order chi connectivity index (χ1) is 19.0. The molecule has 0 radical (unpaired) electrons. The third-order valence-corrected chi connectivity index (χ3v) is 8.67. The van der Waals surface area contributed by atoms with Gasteiger partial charge in [-0.05, 0) is 67.1 Å². The van der Waals surface area contributed by atoms with E-state index >= 15 is 0 Å². The van der Waals surface area contributed by atoms with Crippen LogP contribution in [0.25, 0.3) is 0 Å². The highest BCUT2D eigenvalue weighted by molar-refractivity contribution is 7.89. The minimum atomic E-state index is -3.74. The third-order valence-electron chi connectivity index (χ3n) is 6.37. The number of fused-ring (bicyclic) bond motifs is 1. The number of nitrogens with one attached hydrogen (secondary N) is 1. The van der Waals surface area contributed by atoms with Gasteiger partial charge in [0.25, 0.3) is 17.7 Å². The van der Waals surface area contributed by atoms with E-state index in [9.17, 15) is 27.6 Å². The molecule has 0 bridgehead atoms. The first-order valence-electron chi connectivity index (χ1n) is 12.3. The number of ether oxygens (including phenoxy) is 1. The number of esters is 1. The van der Waals surface area contributed by atoms with E-state index in [0.717, 1.165) is 4.90 Å². The lowest BCUT2D eigenvalue weighted by atomic mass is 10.1. The van der Waals surface area contributed by atoms with Crippen LogP contribution in [0, 0.1) is 6.92 Å². The predicted octanol–water partition coefficient (Wildman–Crippen LogP) is 4.28. The van der Waals surface area contributed by atoms with Gasteiger partial charge in [0.15, 0.2) is 6.61 Å². The highest BCUT2D eigenvalue weighted by Gasteiger charge is 2.37. The van der Waals surface area contributed by atoms with Gasteiger partial charge in [0.1, 0.15) is 0 Å². The number of carbonyl (C=O) groups excluding carboxylic acids is 4. The molecule has 3 aromatic carbocycles. The topological polar surface area (TPSA) is 130 Å². The van der Waals surface area contributed by atoms with Crippen molar-refractivity contribution in [3.05, 3.63) is 87.9 Å². The molecule has 0 saturated carbocycles. The van der Waals surface area contributed by atoms with Crippen LogP contribution in [0.3, 0.4) is 0 Å². The van der Waals surface area contributed by atoms with Crippen molar-refractivity contribution in [3.63, 3.8) is 0 Å². The lowest BCUT2D eigenvalue weighted by Gasteiger charge is -2.19. The Hall–Kier alpha value is -4.06. The average molecular weight is 584 g/mol. The van der Waals surface area contributed by atoms with E-state index in [-0.39, 0.29) is 27.3 Å². The molecule has 208 valence electrons. The highest BCUT2D eigenvalue weighted by atomic mass is 35.5. The lowest BCUT2D eigenvalue weighted by molar-refractivity contribution is -0.119. The molecule has 40 heavy (non-hydrogen) atoms. The largest absolute Gasteiger partial charge is 0.452 e. The van der Waals surface area contributed by atoms with E-state index in [1.54, 1.807) is 39.0 Å². The van der Waals surface area contributed by atoms with E-state index in [1.807, 2.05) is 0 Å². The quantitative estimate of drug-likeness (QED) is 0.294. The molecule has 1 heterocycles. The molecular formula is C28H26ClN3O7S. The van der Waals surface area contributed by atoms with E-state index < -0.39 is 40.3 Å². The maximum Gasteiger partial charge on any atom is 0.338 e. The van der Waals surface area contributed by atoms with Gasteiger partial charge in [0, 0.05) is 23.8 Å². The van der Waals surface area contributed by atoms with E-state index in [2.05, 4.69) is 5.32 Å². The van der Waals surface area contributed by atoms with Crippen LogP contribution in [0.15, 0.2) is 65.6 Å². The average Bonchev–Trinajstić information content (AvgIpc) is 3.18. The molecule has 0 aromatic heterocycles. The maximum absolute atomic E-state index is 13.0. The Labute approximate surface area is 236 Å². The van der Waals surface area contributed by atoms with Gasteiger partial charge in [0.05, 0.1) is 27.3 Å². The van der Waals surface area contributed by atoms with Gasteiger partial charge >= 0.3 is 5.97 Å². The van der Waals surface area contributed by atoms with Crippen molar-refractivity contribution in [3.8, 4) is 0 Å². The normalized spacial score (nSPS) is 13.0. The lowest BCUT2D eigenvalue weighted by Crippen LogP contribution is -2.30. The molecule has 4 rings (SSSR count). The van der Waals surface area contributed by atoms with Gasteiger partial charge in [-0.2, -0.15) is 4.31 Å². The SMILES string of the molecule is CCN(CC)S(=O)(=O)c1ccc(C)c(NC(=O)COC(=O)c2ccc3c(c2)C(=O)N(c2ccc(Cl)cc2)C3=O)c1. The van der Waals surface area contributed by atoms with Crippen LogP contribution < -0.4 is 10.2 Å². The molecule has 12 heteroatoms. The van der Waals surface area contributed by atoms with Crippen molar-refractivity contribution in [2.75, 3.05) is 29.9 Å². The van der Waals surface area contributed by atoms with Crippen LogP contribution in [0.4, 0.5) is 11.4 Å². The fourth-order valence-corrected chi connectivity index (χ4v) is 5.81. The minimum Gasteiger partial charge on any atom is -0.452 e. The van der Waals surface area contributed by atoms with Gasteiger partial charge in [-0.3, -0.25) is 14.4 Å². The van der Waals surface area contributed by atoms with E-state index in [1.165, 1.54) is 46.8 Å². The smallest absolute Gasteiger partial charge is 0.338 e. The molecule has 3 amide bonds. The van der Waals surface area contributed by atoms with Crippen LogP contribution in [0.1, 0.15) is 50.5 Å². The van der Waals surface area contributed by atoms with Gasteiger partial charge in [-0.15, -0.1) is 0 Å². The van der Waals surface area contributed by atoms with Crippen molar-refractivity contribution in [2.45, 2.75) is 25.7 Å². The number of imide groups is 1. The summed E-state index contributed by atoms with van der Waals surface area (Å²) in [5.74, 6) is -2.71. The summed E-state index contributed by atoms with van der Waals surface area (Å²) < 4.78 is 32.1. The molecule has 0 atom stereocenters. The Morgan fingerprint density at radius 3 is 2.23 bits per heavy atom. The number of rotatable bonds is 9. The Kier molecular flexibility index (Phi) is 8.38. The van der Waals surface area contributed by atoms with Crippen LogP contribution in [-0.4, -0.2) is 56.1 Å². The number of nitrogens with zero attached hydrogens (tertiary/aromatic N) is 2. The predicted molar refractivity (Wildman–Crippen MR) is 149 cm³/mol. The number of anilines is 2. The fourth-order valence-electron chi connectivity index (χ4n) is 4.20. The van der Waals surface area contributed by atoms with Gasteiger partial charge in [-0.1, -0.05) is 31.5 Å². The van der Waals surface area contributed by atoms with Crippen LogP contribution in [0.2, 0.25) is 5.02 Å². The maximum atomic E-state index is 13.0. The van der Waals surface area contributed by atoms with Crippen molar-refractivity contribution in [2.24, 2.45) is 0 Å². The molecule has 0 saturated heterocycles. The number of amides is 3. The number of sulfonamides is 1. The van der Waals surface area contributed by atoms with Crippen molar-refractivity contribution < 1.29 is 32.3 Å². The molecule has 0 unspecified atom stereocenters. The number of benzene rings is 3. The zero-order valence-electron chi connectivity index (χ0n) is 21.9. The Bertz CT molecular complexity index is 1620. The molecule has 0 spiro atoms. The summed E-state index contributed by atoms with van der Waals surface area (Å²) in [5.41, 5.74) is 1.35. The minimum absolute atomic E-state index is 0.0193. The monoisotopic (exact) mass is 583 g/mol. The second kappa shape index (κ2) is 11.6. The van der Waals surface area contributed by atoms with E-state index in [4.69, 9.17) is 16.3 Å². The van der Waals surface area contributed by atoms with Crippen molar-refractivity contribution >= 4 is 56.7 Å². The zero-order chi connectivity index (χ0) is 29.2. The summed E-state index contributed by atoms with van der Waals surface area (Å²) in [6, 6.07) is 14.5. The molecule has 0 fully saturated rings. The van der Waals surface area contributed by atoms with Gasteiger partial charge < -0.3 is 10.1 Å². The Morgan fingerprint density at radius 1 is 0.925 bits per heavy atom. The number of halogens is 1. The van der Waals surface area contributed by atoms with Gasteiger partial charge in [-0.25, -0.2) is 18.1 Å². The second-order valence-corrected chi connectivity index (χ2v) is 11.2. The third kappa shape index (κ3) is 5.62. The van der Waals surface area contributed by atoms with Crippen molar-refractivity contribution in [1.29, 1.82) is 0 Å². The highest BCUT2D eigenvalue weighted by Crippen LogP contribution is 2.30. The molecule has 3 aromatic rings. The zero-order valence-corrected chi connectivity index (χ0v) is 23.5. The molecular weight excluding hydrogens is 558 g/mol. The first kappa shape index (κ1) is 28.9. The number of hydrogen-bond donors (Lipinski definition) is 1. The van der Waals surface area contributed by atoms with Gasteiger partial charge in [0.2, 0.25) is 10.0 Å². The molecule has 10 nitrogen and oxygen atoms in total. The number of carbonyl (C=O) groups is 4. The summed E-state index contributed by atoms with van der Waals surface area (Å²) in [4.78, 5) is 52.0. The van der Waals surface area contributed by atoms with Crippen molar-refractivity contribution in [1.82, 2.24) is 4.31 Å². The first-order valence-corrected chi connectivity index (χ1v) is 14.2. The summed E-state index contributed by atoms with van der Waals surface area (Å²) >= 11 is 5.89. The number of aryl methyl sites for hydroxylation is 1. The Balaban J connectivity index is 1.44. The summed E-state index contributed by atoms with van der Waals surface area (Å²) in [6.07, 6.45) is 0. The van der Waals surface area contributed by atoms with E-state index in [0.29, 0.717) is 29.4 Å². The van der Waals surface area contributed by atoms with Crippen LogP contribution in [0.5, 0.6) is 0 Å².